The van der Waals surface area contributed by atoms with Crippen LogP contribution >= 0.6 is 11.6 Å². The van der Waals surface area contributed by atoms with E-state index in [2.05, 4.69) is 5.32 Å². The number of nitrogens with one attached hydrogen (secondary N) is 1. The van der Waals surface area contributed by atoms with Crippen molar-refractivity contribution in [3.8, 4) is 5.75 Å². The lowest BCUT2D eigenvalue weighted by molar-refractivity contribution is -0.385. The van der Waals surface area contributed by atoms with Crippen LogP contribution in [0, 0.1) is 16.0 Å². The molecule has 0 aliphatic rings. The molecule has 0 fully saturated rings. The molecular formula is C19H19ClN2O6. The summed E-state index contributed by atoms with van der Waals surface area (Å²) in [5.74, 6) is -1.51. The van der Waals surface area contributed by atoms with E-state index >= 15 is 0 Å². The van der Waals surface area contributed by atoms with E-state index < -0.39 is 28.6 Å². The third kappa shape index (κ3) is 4.98. The largest absolute Gasteiger partial charge is 0.495 e. The van der Waals surface area contributed by atoms with Crippen LogP contribution in [0.5, 0.6) is 5.75 Å². The molecule has 2 aromatic carbocycles. The number of nitro benzene ring substituents is 1. The maximum Gasteiger partial charge on any atom is 0.345 e. The maximum atomic E-state index is 12.7. The molecule has 2 aromatic rings. The number of para-hydroxylation sites is 2. The van der Waals surface area contributed by atoms with E-state index in [1.54, 1.807) is 38.1 Å². The highest BCUT2D eigenvalue weighted by Crippen LogP contribution is 2.26. The molecule has 0 aromatic heterocycles. The van der Waals surface area contributed by atoms with E-state index in [1.165, 1.54) is 19.2 Å². The highest BCUT2D eigenvalue weighted by Gasteiger charge is 2.30. The minimum Gasteiger partial charge on any atom is -0.495 e. The lowest BCUT2D eigenvalue weighted by atomic mass is 10.1. The number of halogens is 1. The van der Waals surface area contributed by atoms with E-state index in [0.717, 1.165) is 6.07 Å². The Morgan fingerprint density at radius 3 is 2.46 bits per heavy atom. The fourth-order valence-electron chi connectivity index (χ4n) is 2.45. The molecule has 1 unspecified atom stereocenters. The minimum atomic E-state index is -1.17. The average Bonchev–Trinajstić information content (AvgIpc) is 2.65. The Kier molecular flexibility index (Phi) is 6.94. The number of nitro groups is 1. The van der Waals surface area contributed by atoms with Gasteiger partial charge in [-0.3, -0.25) is 14.9 Å². The number of rotatable bonds is 7. The van der Waals surface area contributed by atoms with Crippen LogP contribution in [0.4, 0.5) is 11.4 Å². The topological polar surface area (TPSA) is 108 Å². The first kappa shape index (κ1) is 21.2. The van der Waals surface area contributed by atoms with Crippen molar-refractivity contribution in [3.05, 3.63) is 63.2 Å². The van der Waals surface area contributed by atoms with Crippen molar-refractivity contribution in [2.75, 3.05) is 12.4 Å². The molecule has 0 saturated heterocycles. The molecule has 1 amide bonds. The number of methoxy groups -OCH3 is 1. The number of esters is 1. The number of ether oxygens (including phenoxy) is 2. The molecule has 0 aliphatic carbocycles. The molecule has 9 heteroatoms. The fourth-order valence-corrected chi connectivity index (χ4v) is 2.62. The first-order valence-electron chi connectivity index (χ1n) is 8.33. The molecule has 1 N–H and O–H groups in total. The molecule has 1 atom stereocenters. The first-order chi connectivity index (χ1) is 13.2. The van der Waals surface area contributed by atoms with Gasteiger partial charge in [-0.2, -0.15) is 0 Å². The Hall–Kier alpha value is -3.13. The summed E-state index contributed by atoms with van der Waals surface area (Å²) in [4.78, 5) is 35.6. The van der Waals surface area contributed by atoms with Crippen molar-refractivity contribution in [1.82, 2.24) is 0 Å². The molecule has 0 spiro atoms. The second-order valence-electron chi connectivity index (χ2n) is 6.18. The molecule has 0 bridgehead atoms. The maximum absolute atomic E-state index is 12.7. The van der Waals surface area contributed by atoms with Crippen molar-refractivity contribution in [2.45, 2.75) is 20.0 Å². The van der Waals surface area contributed by atoms with E-state index in [-0.39, 0.29) is 16.5 Å². The Morgan fingerprint density at radius 1 is 1.18 bits per heavy atom. The van der Waals surface area contributed by atoms with Gasteiger partial charge in [-0.25, -0.2) is 4.79 Å². The van der Waals surface area contributed by atoms with E-state index in [4.69, 9.17) is 21.1 Å². The van der Waals surface area contributed by atoms with Crippen LogP contribution in [-0.4, -0.2) is 30.0 Å². The number of nitrogens with zero attached hydrogens (tertiary/aromatic N) is 1. The van der Waals surface area contributed by atoms with E-state index in [1.807, 2.05) is 0 Å². The quantitative estimate of drug-likeness (QED) is 0.421. The monoisotopic (exact) mass is 406 g/mol. The third-order valence-corrected chi connectivity index (χ3v) is 4.07. The summed E-state index contributed by atoms with van der Waals surface area (Å²) >= 11 is 5.76. The molecule has 0 radical (unpaired) electrons. The van der Waals surface area contributed by atoms with Crippen molar-refractivity contribution in [3.63, 3.8) is 0 Å². The summed E-state index contributed by atoms with van der Waals surface area (Å²) in [5, 5.41) is 13.9. The number of hydrogen-bond acceptors (Lipinski definition) is 6. The predicted molar refractivity (Wildman–Crippen MR) is 104 cm³/mol. The summed E-state index contributed by atoms with van der Waals surface area (Å²) in [6.45, 7) is 3.38. The molecule has 28 heavy (non-hydrogen) atoms. The van der Waals surface area contributed by atoms with Crippen LogP contribution < -0.4 is 10.1 Å². The molecule has 0 heterocycles. The lowest BCUT2D eigenvalue weighted by Crippen LogP contribution is -2.36. The standard InChI is InChI=1S/C19H19ClN2O6/c1-11(2)17(18(23)21-14-6-4-5-7-16(14)27-3)28-19(24)13-9-8-12(20)10-15(13)22(25)26/h4-11,17H,1-3H3,(H,21,23). The van der Waals surface area contributed by atoms with Crippen LogP contribution in [0.15, 0.2) is 42.5 Å². The highest BCUT2D eigenvalue weighted by molar-refractivity contribution is 6.31. The Morgan fingerprint density at radius 2 is 1.86 bits per heavy atom. The highest BCUT2D eigenvalue weighted by atomic mass is 35.5. The fraction of sp³-hybridized carbons (Fsp3) is 0.263. The van der Waals surface area contributed by atoms with Crippen LogP contribution in [0.25, 0.3) is 0 Å². The zero-order valence-corrected chi connectivity index (χ0v) is 16.2. The van der Waals surface area contributed by atoms with Gasteiger partial charge in [0.15, 0.2) is 6.10 Å². The molecular weight excluding hydrogens is 388 g/mol. The number of hydrogen-bond donors (Lipinski definition) is 1. The molecule has 0 saturated carbocycles. The van der Waals surface area contributed by atoms with Crippen LogP contribution in [0.3, 0.4) is 0 Å². The summed E-state index contributed by atoms with van der Waals surface area (Å²) in [6.07, 6.45) is -1.17. The Bertz CT molecular complexity index is 900. The SMILES string of the molecule is COc1ccccc1NC(=O)C(OC(=O)c1ccc(Cl)cc1[N+](=O)[O-])C(C)C. The van der Waals surface area contributed by atoms with E-state index in [9.17, 15) is 19.7 Å². The molecule has 148 valence electrons. The van der Waals surface area contributed by atoms with Crippen molar-refractivity contribution in [1.29, 1.82) is 0 Å². The second kappa shape index (κ2) is 9.18. The summed E-state index contributed by atoms with van der Waals surface area (Å²) in [7, 11) is 1.46. The molecule has 2 rings (SSSR count). The number of carbonyl (C=O) groups is 2. The molecule has 0 aliphatic heterocycles. The summed E-state index contributed by atoms with van der Waals surface area (Å²) in [6, 6.07) is 10.4. The van der Waals surface area contributed by atoms with Gasteiger partial charge in [0.25, 0.3) is 11.6 Å². The molecule has 8 nitrogen and oxygen atoms in total. The first-order valence-corrected chi connectivity index (χ1v) is 8.71. The number of amides is 1. The van der Waals surface area contributed by atoms with Gasteiger partial charge in [0, 0.05) is 11.1 Å². The van der Waals surface area contributed by atoms with Crippen molar-refractivity contribution in [2.24, 2.45) is 5.92 Å². The number of carbonyl (C=O) groups excluding carboxylic acids is 2. The van der Waals surface area contributed by atoms with Gasteiger partial charge in [-0.1, -0.05) is 37.6 Å². The van der Waals surface area contributed by atoms with Crippen LogP contribution in [0.1, 0.15) is 24.2 Å². The van der Waals surface area contributed by atoms with Gasteiger partial charge >= 0.3 is 5.97 Å². The zero-order chi connectivity index (χ0) is 20.8. The van der Waals surface area contributed by atoms with Crippen LogP contribution in [-0.2, 0) is 9.53 Å². The van der Waals surface area contributed by atoms with Crippen molar-refractivity contribution < 1.29 is 24.0 Å². The van der Waals surface area contributed by atoms with E-state index in [0.29, 0.717) is 11.4 Å². The minimum absolute atomic E-state index is 0.109. The third-order valence-electron chi connectivity index (χ3n) is 3.84. The van der Waals surface area contributed by atoms with Crippen LogP contribution in [0.2, 0.25) is 5.02 Å². The van der Waals surface area contributed by atoms with Gasteiger partial charge in [-0.15, -0.1) is 0 Å². The van der Waals surface area contributed by atoms with Gasteiger partial charge in [-0.05, 0) is 30.2 Å². The van der Waals surface area contributed by atoms with Gasteiger partial charge in [0.1, 0.15) is 11.3 Å². The number of benzene rings is 2. The lowest BCUT2D eigenvalue weighted by Gasteiger charge is -2.21. The second-order valence-corrected chi connectivity index (χ2v) is 6.61. The van der Waals surface area contributed by atoms with Gasteiger partial charge < -0.3 is 14.8 Å². The smallest absolute Gasteiger partial charge is 0.345 e. The zero-order valence-electron chi connectivity index (χ0n) is 15.5. The number of anilines is 1. The average molecular weight is 407 g/mol. The van der Waals surface area contributed by atoms with Gasteiger partial charge in [0.2, 0.25) is 0 Å². The predicted octanol–water partition coefficient (Wildman–Crippen LogP) is 4.08. The summed E-state index contributed by atoms with van der Waals surface area (Å²) in [5.41, 5.74) is -0.371. The van der Waals surface area contributed by atoms with Crippen molar-refractivity contribution >= 4 is 34.9 Å². The Balaban J connectivity index is 2.24. The normalized spacial score (nSPS) is 11.6. The summed E-state index contributed by atoms with van der Waals surface area (Å²) < 4.78 is 10.5. The van der Waals surface area contributed by atoms with Gasteiger partial charge in [0.05, 0.1) is 17.7 Å². The Labute approximate surface area is 166 Å².